The van der Waals surface area contributed by atoms with Crippen molar-refractivity contribution in [1.82, 2.24) is 0 Å². The van der Waals surface area contributed by atoms with Crippen LogP contribution in [0.2, 0.25) is 0 Å². The van der Waals surface area contributed by atoms with Crippen molar-refractivity contribution >= 4 is 0 Å². The average molecular weight is 164 g/mol. The molecule has 0 aliphatic carbocycles. The zero-order valence-electron chi connectivity index (χ0n) is 8.34. The minimum atomic E-state index is 0.987. The van der Waals surface area contributed by atoms with Crippen LogP contribution in [0.4, 0.5) is 0 Å². The first-order chi connectivity index (χ1) is 5.81. The zero-order valence-corrected chi connectivity index (χ0v) is 8.34. The first kappa shape index (κ1) is 11.2. The number of hydrogen-bond donors (Lipinski definition) is 0. The van der Waals surface area contributed by atoms with E-state index in [1.54, 1.807) is 0 Å². The SMILES string of the molecule is C=CCC=CCC=C(C)CCC. The maximum absolute atomic E-state index is 3.66. The summed E-state index contributed by atoms with van der Waals surface area (Å²) >= 11 is 0. The quantitative estimate of drug-likeness (QED) is 0.515. The summed E-state index contributed by atoms with van der Waals surface area (Å²) in [6, 6.07) is 0. The third kappa shape index (κ3) is 7.33. The second kappa shape index (κ2) is 8.32. The molecule has 0 aromatic rings. The van der Waals surface area contributed by atoms with Crippen LogP contribution in [-0.4, -0.2) is 0 Å². The molecule has 0 spiro atoms. The molecule has 0 rings (SSSR count). The lowest BCUT2D eigenvalue weighted by Crippen LogP contribution is -1.73. The predicted octanol–water partition coefficient (Wildman–Crippen LogP) is 4.26. The molecule has 0 atom stereocenters. The average Bonchev–Trinajstić information content (AvgIpc) is 2.05. The molecule has 0 aromatic carbocycles. The molecule has 0 bridgehead atoms. The van der Waals surface area contributed by atoms with Crippen molar-refractivity contribution in [3.8, 4) is 0 Å². The van der Waals surface area contributed by atoms with Gasteiger partial charge in [-0.05, 0) is 26.2 Å². The third-order valence-electron chi connectivity index (χ3n) is 1.72. The van der Waals surface area contributed by atoms with Crippen molar-refractivity contribution < 1.29 is 0 Å². The Morgan fingerprint density at radius 3 is 2.50 bits per heavy atom. The minimum absolute atomic E-state index is 0.987. The largest absolute Gasteiger partial charge is 0.103 e. The molecular formula is C12H20. The maximum Gasteiger partial charge on any atom is -0.0166 e. The summed E-state index contributed by atoms with van der Waals surface area (Å²) in [5.41, 5.74) is 1.50. The topological polar surface area (TPSA) is 0 Å². The van der Waals surface area contributed by atoms with Crippen molar-refractivity contribution in [2.24, 2.45) is 0 Å². The molecule has 0 unspecified atom stereocenters. The van der Waals surface area contributed by atoms with Crippen LogP contribution in [0.15, 0.2) is 36.5 Å². The van der Waals surface area contributed by atoms with Crippen LogP contribution < -0.4 is 0 Å². The van der Waals surface area contributed by atoms with Gasteiger partial charge in [0.05, 0.1) is 0 Å². The van der Waals surface area contributed by atoms with Gasteiger partial charge in [0.15, 0.2) is 0 Å². The first-order valence-corrected chi connectivity index (χ1v) is 4.72. The van der Waals surface area contributed by atoms with Gasteiger partial charge in [-0.2, -0.15) is 0 Å². The number of hydrogen-bond acceptors (Lipinski definition) is 0. The van der Waals surface area contributed by atoms with Gasteiger partial charge in [-0.25, -0.2) is 0 Å². The van der Waals surface area contributed by atoms with Gasteiger partial charge in [0, 0.05) is 0 Å². The Balaban J connectivity index is 3.51. The van der Waals surface area contributed by atoms with Gasteiger partial charge in [-0.3, -0.25) is 0 Å². The van der Waals surface area contributed by atoms with E-state index < -0.39 is 0 Å². The lowest BCUT2D eigenvalue weighted by Gasteiger charge is -1.94. The zero-order chi connectivity index (χ0) is 9.23. The molecule has 0 nitrogen and oxygen atoms in total. The van der Waals surface area contributed by atoms with Gasteiger partial charge < -0.3 is 0 Å². The number of rotatable bonds is 6. The fourth-order valence-electron chi connectivity index (χ4n) is 1.05. The molecule has 0 N–H and O–H groups in total. The Morgan fingerprint density at radius 2 is 1.92 bits per heavy atom. The molecule has 0 saturated heterocycles. The molecule has 0 heterocycles. The van der Waals surface area contributed by atoms with E-state index in [0.717, 1.165) is 12.8 Å². The molecule has 68 valence electrons. The first-order valence-electron chi connectivity index (χ1n) is 4.72. The van der Waals surface area contributed by atoms with Crippen LogP contribution in [0, 0.1) is 0 Å². The van der Waals surface area contributed by atoms with Gasteiger partial charge in [0.2, 0.25) is 0 Å². The van der Waals surface area contributed by atoms with Gasteiger partial charge in [0.25, 0.3) is 0 Å². The lowest BCUT2D eigenvalue weighted by atomic mass is 10.1. The predicted molar refractivity (Wildman–Crippen MR) is 57.2 cm³/mol. The molecule has 0 radical (unpaired) electrons. The highest BCUT2D eigenvalue weighted by atomic mass is 13.9. The fraction of sp³-hybridized carbons (Fsp3) is 0.500. The van der Waals surface area contributed by atoms with Gasteiger partial charge in [0.1, 0.15) is 0 Å². The molecule has 0 heteroatoms. The Morgan fingerprint density at radius 1 is 1.25 bits per heavy atom. The molecule has 0 amide bonds. The van der Waals surface area contributed by atoms with E-state index in [4.69, 9.17) is 0 Å². The fourth-order valence-corrected chi connectivity index (χ4v) is 1.05. The monoisotopic (exact) mass is 164 g/mol. The Kier molecular flexibility index (Phi) is 7.78. The number of allylic oxidation sites excluding steroid dienone is 5. The Bertz CT molecular complexity index is 161. The van der Waals surface area contributed by atoms with Crippen molar-refractivity contribution in [1.29, 1.82) is 0 Å². The van der Waals surface area contributed by atoms with Crippen LogP contribution in [0.25, 0.3) is 0 Å². The van der Waals surface area contributed by atoms with E-state index in [1.807, 2.05) is 6.08 Å². The molecular weight excluding hydrogens is 144 g/mol. The van der Waals surface area contributed by atoms with Gasteiger partial charge in [-0.1, -0.05) is 43.2 Å². The molecule has 0 fully saturated rings. The lowest BCUT2D eigenvalue weighted by molar-refractivity contribution is 0.899. The van der Waals surface area contributed by atoms with Gasteiger partial charge >= 0.3 is 0 Å². The second-order valence-electron chi connectivity index (χ2n) is 3.03. The summed E-state index contributed by atoms with van der Waals surface area (Å²) in [5, 5.41) is 0. The molecule has 0 saturated carbocycles. The highest BCUT2D eigenvalue weighted by Gasteiger charge is 1.83. The Hall–Kier alpha value is -0.780. The summed E-state index contributed by atoms with van der Waals surface area (Å²) in [4.78, 5) is 0. The van der Waals surface area contributed by atoms with Crippen LogP contribution in [0.5, 0.6) is 0 Å². The summed E-state index contributed by atoms with van der Waals surface area (Å²) in [5.74, 6) is 0. The van der Waals surface area contributed by atoms with Crippen LogP contribution in [0.1, 0.15) is 39.5 Å². The standard InChI is InChI=1S/C12H20/c1-4-6-7-8-9-11-12(3)10-5-2/h4,7-8,11H,1,5-6,9-10H2,2-3H3. The summed E-state index contributed by atoms with van der Waals surface area (Å²) < 4.78 is 0. The van der Waals surface area contributed by atoms with Crippen molar-refractivity contribution in [3.05, 3.63) is 36.5 Å². The smallest absolute Gasteiger partial charge is 0.0166 e. The minimum Gasteiger partial charge on any atom is -0.103 e. The highest BCUT2D eigenvalue weighted by Crippen LogP contribution is 2.04. The van der Waals surface area contributed by atoms with Crippen molar-refractivity contribution in [2.75, 3.05) is 0 Å². The van der Waals surface area contributed by atoms with Crippen LogP contribution in [0.3, 0.4) is 0 Å². The van der Waals surface area contributed by atoms with E-state index in [9.17, 15) is 0 Å². The van der Waals surface area contributed by atoms with Crippen LogP contribution in [-0.2, 0) is 0 Å². The van der Waals surface area contributed by atoms with Crippen LogP contribution >= 0.6 is 0 Å². The summed E-state index contributed by atoms with van der Waals surface area (Å²) in [7, 11) is 0. The molecule has 0 aliphatic heterocycles. The summed E-state index contributed by atoms with van der Waals surface area (Å²) in [6.07, 6.45) is 13.1. The Labute approximate surface area is 76.7 Å². The second-order valence-corrected chi connectivity index (χ2v) is 3.03. The summed E-state index contributed by atoms with van der Waals surface area (Å²) in [6.45, 7) is 8.07. The third-order valence-corrected chi connectivity index (χ3v) is 1.72. The molecule has 0 aromatic heterocycles. The van der Waals surface area contributed by atoms with Crippen molar-refractivity contribution in [3.63, 3.8) is 0 Å². The van der Waals surface area contributed by atoms with E-state index in [1.165, 1.54) is 18.4 Å². The molecule has 12 heavy (non-hydrogen) atoms. The highest BCUT2D eigenvalue weighted by molar-refractivity contribution is 5.02. The van der Waals surface area contributed by atoms with E-state index in [2.05, 4.69) is 38.7 Å². The van der Waals surface area contributed by atoms with E-state index >= 15 is 0 Å². The molecule has 0 aliphatic rings. The van der Waals surface area contributed by atoms with Gasteiger partial charge in [-0.15, -0.1) is 6.58 Å². The normalized spacial score (nSPS) is 12.3. The van der Waals surface area contributed by atoms with Crippen molar-refractivity contribution in [2.45, 2.75) is 39.5 Å². The van der Waals surface area contributed by atoms with E-state index in [0.29, 0.717) is 0 Å². The van der Waals surface area contributed by atoms with E-state index in [-0.39, 0.29) is 0 Å². The maximum atomic E-state index is 3.66.